The second kappa shape index (κ2) is 8.62. The van der Waals surface area contributed by atoms with Crippen molar-refractivity contribution in [2.75, 3.05) is 11.4 Å². The highest BCUT2D eigenvalue weighted by Gasteiger charge is 2.39. The van der Waals surface area contributed by atoms with Crippen LogP contribution in [0.15, 0.2) is 72.8 Å². The molecule has 1 aliphatic heterocycles. The van der Waals surface area contributed by atoms with Gasteiger partial charge in [0, 0.05) is 23.9 Å². The van der Waals surface area contributed by atoms with Gasteiger partial charge < -0.3 is 14.7 Å². The highest BCUT2D eigenvalue weighted by Crippen LogP contribution is 2.44. The Morgan fingerprint density at radius 1 is 0.967 bits per heavy atom. The fourth-order valence-corrected chi connectivity index (χ4v) is 3.90. The number of phenols is 1. The van der Waals surface area contributed by atoms with Crippen LogP contribution in [0.25, 0.3) is 0 Å². The molecule has 1 aliphatic rings. The summed E-state index contributed by atoms with van der Waals surface area (Å²) in [6, 6.07) is 23.0. The number of phenolic OH excluding ortho intramolecular Hbond substituents is 1. The van der Waals surface area contributed by atoms with Crippen LogP contribution in [0.4, 0.5) is 5.69 Å². The topological polar surface area (TPSA) is 49.8 Å². The predicted octanol–water partition coefficient (Wildman–Crippen LogP) is 5.50. The molecular formula is C26H27NO3. The number of carbonyl (C=O) groups excluding carboxylic acids is 1. The SMILES string of the molecule is CC(C)CCN1C(=O)C(c2ccc(OCc3ccccc3)cc2O)c2ccccc21. The van der Waals surface area contributed by atoms with Crippen molar-refractivity contribution in [1.29, 1.82) is 0 Å². The molecule has 0 spiro atoms. The third-order valence-electron chi connectivity index (χ3n) is 5.54. The second-order valence-electron chi connectivity index (χ2n) is 8.16. The van der Waals surface area contributed by atoms with Crippen LogP contribution in [0.5, 0.6) is 11.5 Å². The summed E-state index contributed by atoms with van der Waals surface area (Å²) >= 11 is 0. The molecule has 0 bridgehead atoms. The zero-order chi connectivity index (χ0) is 21.1. The minimum Gasteiger partial charge on any atom is -0.507 e. The van der Waals surface area contributed by atoms with Gasteiger partial charge in [-0.1, -0.05) is 68.4 Å². The van der Waals surface area contributed by atoms with Crippen LogP contribution in [-0.4, -0.2) is 17.6 Å². The van der Waals surface area contributed by atoms with Crippen LogP contribution >= 0.6 is 0 Å². The average Bonchev–Trinajstić information content (AvgIpc) is 3.03. The van der Waals surface area contributed by atoms with Crippen molar-refractivity contribution in [2.45, 2.75) is 32.8 Å². The van der Waals surface area contributed by atoms with Crippen LogP contribution in [0.1, 0.15) is 42.9 Å². The Morgan fingerprint density at radius 3 is 2.43 bits per heavy atom. The molecule has 0 aromatic heterocycles. The first-order valence-corrected chi connectivity index (χ1v) is 10.4. The summed E-state index contributed by atoms with van der Waals surface area (Å²) in [5.41, 5.74) is 3.56. The van der Waals surface area contributed by atoms with Crippen LogP contribution in [0, 0.1) is 5.92 Å². The first-order valence-electron chi connectivity index (χ1n) is 10.4. The first kappa shape index (κ1) is 20.0. The van der Waals surface area contributed by atoms with Gasteiger partial charge in [-0.15, -0.1) is 0 Å². The Labute approximate surface area is 177 Å². The smallest absolute Gasteiger partial charge is 0.239 e. The van der Waals surface area contributed by atoms with Crippen LogP contribution in [0.3, 0.4) is 0 Å². The number of hydrogen-bond acceptors (Lipinski definition) is 3. The molecule has 0 saturated heterocycles. The summed E-state index contributed by atoms with van der Waals surface area (Å²) in [4.78, 5) is 15.2. The number of hydrogen-bond donors (Lipinski definition) is 1. The van der Waals surface area contributed by atoms with Crippen LogP contribution in [0.2, 0.25) is 0 Å². The molecule has 30 heavy (non-hydrogen) atoms. The van der Waals surface area contributed by atoms with E-state index in [1.54, 1.807) is 12.1 Å². The maximum absolute atomic E-state index is 13.3. The molecule has 3 aromatic carbocycles. The molecule has 1 N–H and O–H groups in total. The molecule has 4 rings (SSSR count). The van der Waals surface area contributed by atoms with Crippen LogP contribution < -0.4 is 9.64 Å². The normalized spacial score (nSPS) is 15.5. The Hall–Kier alpha value is -3.27. The number of para-hydroxylation sites is 1. The molecule has 0 aliphatic carbocycles. The highest BCUT2D eigenvalue weighted by atomic mass is 16.5. The van der Waals surface area contributed by atoms with E-state index in [0.717, 1.165) is 23.2 Å². The minimum atomic E-state index is -0.489. The molecule has 1 amide bonds. The highest BCUT2D eigenvalue weighted by molar-refractivity contribution is 6.07. The first-order chi connectivity index (χ1) is 14.5. The zero-order valence-electron chi connectivity index (χ0n) is 17.4. The molecule has 0 radical (unpaired) electrons. The van der Waals surface area contributed by atoms with Gasteiger partial charge in [-0.25, -0.2) is 0 Å². The molecule has 154 valence electrons. The molecule has 1 atom stereocenters. The molecule has 0 fully saturated rings. The Kier molecular flexibility index (Phi) is 5.75. The molecule has 1 unspecified atom stereocenters. The number of benzene rings is 3. The van der Waals surface area contributed by atoms with E-state index in [2.05, 4.69) is 13.8 Å². The van der Waals surface area contributed by atoms with E-state index >= 15 is 0 Å². The van der Waals surface area contributed by atoms with Crippen molar-refractivity contribution in [2.24, 2.45) is 5.92 Å². The van der Waals surface area contributed by atoms with Crippen LogP contribution in [-0.2, 0) is 11.4 Å². The minimum absolute atomic E-state index is 0.0186. The zero-order valence-corrected chi connectivity index (χ0v) is 17.4. The van der Waals surface area contributed by atoms with Gasteiger partial charge >= 0.3 is 0 Å². The molecule has 0 saturated carbocycles. The van der Waals surface area contributed by atoms with Crippen molar-refractivity contribution in [3.05, 3.63) is 89.5 Å². The van der Waals surface area contributed by atoms with E-state index in [4.69, 9.17) is 4.74 Å². The number of anilines is 1. The lowest BCUT2D eigenvalue weighted by molar-refractivity contribution is -0.118. The number of nitrogens with zero attached hydrogens (tertiary/aromatic N) is 1. The van der Waals surface area contributed by atoms with Gasteiger partial charge in [-0.2, -0.15) is 0 Å². The van der Waals surface area contributed by atoms with Crippen molar-refractivity contribution < 1.29 is 14.6 Å². The van der Waals surface area contributed by atoms with Gasteiger partial charge in [-0.3, -0.25) is 4.79 Å². The van der Waals surface area contributed by atoms with E-state index in [-0.39, 0.29) is 11.7 Å². The average molecular weight is 402 g/mol. The molecule has 3 aromatic rings. The lowest BCUT2D eigenvalue weighted by Gasteiger charge is -2.19. The standard InChI is InChI=1S/C26H27NO3/c1-18(2)14-15-27-23-11-7-6-10-21(23)25(26(27)29)22-13-12-20(16-24(22)28)30-17-19-8-4-3-5-9-19/h3-13,16,18,25,28H,14-15,17H2,1-2H3. The van der Waals surface area contributed by atoms with E-state index in [0.29, 0.717) is 30.4 Å². The fourth-order valence-electron chi connectivity index (χ4n) is 3.90. The number of fused-ring (bicyclic) bond motifs is 1. The lowest BCUT2D eigenvalue weighted by Crippen LogP contribution is -2.30. The third kappa shape index (κ3) is 4.04. The summed E-state index contributed by atoms with van der Waals surface area (Å²) < 4.78 is 5.82. The summed E-state index contributed by atoms with van der Waals surface area (Å²) in [7, 11) is 0. The molecule has 4 heteroatoms. The molecule has 4 nitrogen and oxygen atoms in total. The number of amides is 1. The van der Waals surface area contributed by atoms with Gasteiger partial charge in [0.2, 0.25) is 5.91 Å². The number of aromatic hydroxyl groups is 1. The fraction of sp³-hybridized carbons (Fsp3) is 0.269. The molecule has 1 heterocycles. The number of carbonyl (C=O) groups is 1. The summed E-state index contributed by atoms with van der Waals surface area (Å²) in [6.07, 6.45) is 0.936. The third-order valence-corrected chi connectivity index (χ3v) is 5.54. The largest absolute Gasteiger partial charge is 0.507 e. The lowest BCUT2D eigenvalue weighted by atomic mass is 9.92. The Morgan fingerprint density at radius 2 is 1.70 bits per heavy atom. The van der Waals surface area contributed by atoms with Gasteiger partial charge in [0.05, 0.1) is 5.92 Å². The van der Waals surface area contributed by atoms with Gasteiger partial charge in [0.15, 0.2) is 0 Å². The Bertz CT molecular complexity index is 1030. The second-order valence-corrected chi connectivity index (χ2v) is 8.16. The number of rotatable bonds is 7. The van der Waals surface area contributed by atoms with Crippen molar-refractivity contribution in [1.82, 2.24) is 0 Å². The van der Waals surface area contributed by atoms with Crippen molar-refractivity contribution in [3.63, 3.8) is 0 Å². The van der Waals surface area contributed by atoms with Crippen molar-refractivity contribution in [3.8, 4) is 11.5 Å². The summed E-state index contributed by atoms with van der Waals surface area (Å²) in [5, 5.41) is 10.7. The van der Waals surface area contributed by atoms with E-state index in [1.165, 1.54) is 0 Å². The number of ether oxygens (including phenoxy) is 1. The maximum atomic E-state index is 13.3. The summed E-state index contributed by atoms with van der Waals surface area (Å²) in [6.45, 7) is 5.42. The quantitative estimate of drug-likeness (QED) is 0.569. The van der Waals surface area contributed by atoms with Gasteiger partial charge in [0.1, 0.15) is 18.1 Å². The molecular weight excluding hydrogens is 374 g/mol. The van der Waals surface area contributed by atoms with Gasteiger partial charge in [0.25, 0.3) is 0 Å². The Balaban J connectivity index is 1.58. The maximum Gasteiger partial charge on any atom is 0.239 e. The van der Waals surface area contributed by atoms with E-state index < -0.39 is 5.92 Å². The van der Waals surface area contributed by atoms with Gasteiger partial charge in [-0.05, 0) is 35.6 Å². The summed E-state index contributed by atoms with van der Waals surface area (Å²) in [5.74, 6) is 0.704. The monoisotopic (exact) mass is 401 g/mol. The predicted molar refractivity (Wildman–Crippen MR) is 119 cm³/mol. The van der Waals surface area contributed by atoms with E-state index in [9.17, 15) is 9.90 Å². The van der Waals surface area contributed by atoms with E-state index in [1.807, 2.05) is 65.6 Å². The van der Waals surface area contributed by atoms with Crippen molar-refractivity contribution >= 4 is 11.6 Å².